The summed E-state index contributed by atoms with van der Waals surface area (Å²) in [5.41, 5.74) is 7.81. The smallest absolute Gasteiger partial charge is 0.231 e. The summed E-state index contributed by atoms with van der Waals surface area (Å²) in [6.45, 7) is 3.33. The second-order valence-corrected chi connectivity index (χ2v) is 5.32. The SMILES string of the molecule is CN(CC(N)=O)Cc1ccccc1N1CCCCC1. The summed E-state index contributed by atoms with van der Waals surface area (Å²) in [6, 6.07) is 8.46. The third-order valence-corrected chi connectivity index (χ3v) is 3.55. The first-order chi connectivity index (χ1) is 9.16. The molecule has 1 aliphatic rings. The van der Waals surface area contributed by atoms with Crippen LogP contribution in [-0.2, 0) is 11.3 Å². The minimum Gasteiger partial charge on any atom is -0.371 e. The third-order valence-electron chi connectivity index (χ3n) is 3.55. The van der Waals surface area contributed by atoms with Crippen LogP contribution >= 0.6 is 0 Å². The van der Waals surface area contributed by atoms with Gasteiger partial charge in [0.2, 0.25) is 5.91 Å². The van der Waals surface area contributed by atoms with Crippen molar-refractivity contribution in [2.24, 2.45) is 5.73 Å². The molecule has 1 heterocycles. The fourth-order valence-electron chi connectivity index (χ4n) is 2.70. The van der Waals surface area contributed by atoms with Gasteiger partial charge >= 0.3 is 0 Å². The molecule has 0 aliphatic carbocycles. The first-order valence-electron chi connectivity index (χ1n) is 6.96. The van der Waals surface area contributed by atoms with E-state index >= 15 is 0 Å². The Kier molecular flexibility index (Phi) is 4.80. The van der Waals surface area contributed by atoms with Gasteiger partial charge in [0, 0.05) is 25.3 Å². The largest absolute Gasteiger partial charge is 0.371 e. The van der Waals surface area contributed by atoms with Gasteiger partial charge in [0.15, 0.2) is 0 Å². The Hall–Kier alpha value is -1.55. The molecule has 1 aromatic carbocycles. The number of benzene rings is 1. The van der Waals surface area contributed by atoms with Crippen molar-refractivity contribution in [3.63, 3.8) is 0 Å². The summed E-state index contributed by atoms with van der Waals surface area (Å²) in [4.78, 5) is 15.4. The third kappa shape index (κ3) is 3.96. The number of hydrogen-bond donors (Lipinski definition) is 1. The van der Waals surface area contributed by atoms with Crippen LogP contribution in [0.2, 0.25) is 0 Å². The maximum atomic E-state index is 11.0. The van der Waals surface area contributed by atoms with Crippen LogP contribution in [0.3, 0.4) is 0 Å². The normalized spacial score (nSPS) is 15.8. The second-order valence-electron chi connectivity index (χ2n) is 5.32. The number of anilines is 1. The van der Waals surface area contributed by atoms with Gasteiger partial charge < -0.3 is 10.6 Å². The van der Waals surface area contributed by atoms with Crippen LogP contribution in [0.15, 0.2) is 24.3 Å². The van der Waals surface area contributed by atoms with Crippen molar-refractivity contribution >= 4 is 11.6 Å². The summed E-state index contributed by atoms with van der Waals surface area (Å²) in [5.74, 6) is -0.280. The standard InChI is InChI=1S/C15H23N3O/c1-17(12-15(16)19)11-13-7-3-4-8-14(13)18-9-5-2-6-10-18/h3-4,7-8H,2,5-6,9-12H2,1H3,(H2,16,19). The molecule has 0 spiro atoms. The molecule has 1 aliphatic heterocycles. The topological polar surface area (TPSA) is 49.6 Å². The first-order valence-corrected chi connectivity index (χ1v) is 6.96. The molecule has 2 rings (SSSR count). The predicted octanol–water partition coefficient (Wildman–Crippen LogP) is 1.59. The molecule has 4 nitrogen and oxygen atoms in total. The highest BCUT2D eigenvalue weighted by molar-refractivity contribution is 5.75. The maximum absolute atomic E-state index is 11.0. The number of piperidine rings is 1. The maximum Gasteiger partial charge on any atom is 0.231 e. The summed E-state index contributed by atoms with van der Waals surface area (Å²) in [7, 11) is 1.93. The lowest BCUT2D eigenvalue weighted by molar-refractivity contribution is -0.118. The van der Waals surface area contributed by atoms with Crippen molar-refractivity contribution < 1.29 is 4.79 Å². The van der Waals surface area contributed by atoms with E-state index in [1.165, 1.54) is 30.5 Å². The Morgan fingerprint density at radius 3 is 2.63 bits per heavy atom. The van der Waals surface area contributed by atoms with E-state index in [1.807, 2.05) is 11.9 Å². The van der Waals surface area contributed by atoms with Gasteiger partial charge in [0.25, 0.3) is 0 Å². The number of primary amides is 1. The first kappa shape index (κ1) is 13.9. The van der Waals surface area contributed by atoms with Crippen molar-refractivity contribution in [2.75, 3.05) is 31.6 Å². The number of para-hydroxylation sites is 1. The van der Waals surface area contributed by atoms with E-state index in [0.29, 0.717) is 6.54 Å². The van der Waals surface area contributed by atoms with Crippen molar-refractivity contribution in [1.29, 1.82) is 0 Å². The number of carbonyl (C=O) groups is 1. The number of nitrogens with zero attached hydrogens (tertiary/aromatic N) is 2. The molecule has 1 aromatic rings. The zero-order chi connectivity index (χ0) is 13.7. The van der Waals surface area contributed by atoms with Crippen molar-refractivity contribution in [2.45, 2.75) is 25.8 Å². The van der Waals surface area contributed by atoms with Gasteiger partial charge in [-0.15, -0.1) is 0 Å². The lowest BCUT2D eigenvalue weighted by Gasteiger charge is -2.31. The summed E-state index contributed by atoms with van der Waals surface area (Å²) >= 11 is 0. The van der Waals surface area contributed by atoms with Gasteiger partial charge in [-0.25, -0.2) is 0 Å². The van der Waals surface area contributed by atoms with Gasteiger partial charge in [0.1, 0.15) is 0 Å². The van der Waals surface area contributed by atoms with Crippen LogP contribution in [0.1, 0.15) is 24.8 Å². The zero-order valence-electron chi connectivity index (χ0n) is 11.6. The highest BCUT2D eigenvalue weighted by atomic mass is 16.1. The number of likely N-dealkylation sites (N-methyl/N-ethyl adjacent to an activating group) is 1. The van der Waals surface area contributed by atoms with E-state index in [2.05, 4.69) is 29.2 Å². The van der Waals surface area contributed by atoms with Crippen LogP contribution in [0.5, 0.6) is 0 Å². The van der Waals surface area contributed by atoms with Gasteiger partial charge in [0.05, 0.1) is 6.54 Å². The van der Waals surface area contributed by atoms with Crippen LogP contribution in [0, 0.1) is 0 Å². The quantitative estimate of drug-likeness (QED) is 0.875. The number of amides is 1. The molecule has 4 heteroatoms. The van der Waals surface area contributed by atoms with Crippen molar-refractivity contribution in [1.82, 2.24) is 4.90 Å². The number of nitrogens with two attached hydrogens (primary N) is 1. The molecule has 0 radical (unpaired) electrons. The highest BCUT2D eigenvalue weighted by Gasteiger charge is 2.15. The number of hydrogen-bond acceptors (Lipinski definition) is 3. The van der Waals surface area contributed by atoms with Crippen LogP contribution in [0.4, 0.5) is 5.69 Å². The number of rotatable bonds is 5. The van der Waals surface area contributed by atoms with E-state index in [4.69, 9.17) is 5.73 Å². The molecular weight excluding hydrogens is 238 g/mol. The molecule has 104 valence electrons. The molecule has 1 fully saturated rings. The summed E-state index contributed by atoms with van der Waals surface area (Å²) in [6.07, 6.45) is 3.87. The Bertz CT molecular complexity index is 427. The Labute approximate surface area is 115 Å². The Balaban J connectivity index is 2.09. The monoisotopic (exact) mass is 261 g/mol. The summed E-state index contributed by atoms with van der Waals surface area (Å²) in [5, 5.41) is 0. The lowest BCUT2D eigenvalue weighted by atomic mass is 10.1. The minimum atomic E-state index is -0.280. The Morgan fingerprint density at radius 2 is 1.95 bits per heavy atom. The molecule has 19 heavy (non-hydrogen) atoms. The van der Waals surface area contributed by atoms with Crippen LogP contribution < -0.4 is 10.6 Å². The van der Waals surface area contributed by atoms with E-state index < -0.39 is 0 Å². The lowest BCUT2D eigenvalue weighted by Crippen LogP contribution is -2.33. The summed E-state index contributed by atoms with van der Waals surface area (Å²) < 4.78 is 0. The van der Waals surface area contributed by atoms with E-state index in [1.54, 1.807) is 0 Å². The van der Waals surface area contributed by atoms with Gasteiger partial charge in [-0.1, -0.05) is 18.2 Å². The predicted molar refractivity (Wildman–Crippen MR) is 78.0 cm³/mol. The molecule has 0 aromatic heterocycles. The van der Waals surface area contributed by atoms with E-state index in [9.17, 15) is 4.79 Å². The van der Waals surface area contributed by atoms with Crippen molar-refractivity contribution in [3.05, 3.63) is 29.8 Å². The van der Waals surface area contributed by atoms with Crippen LogP contribution in [-0.4, -0.2) is 37.5 Å². The van der Waals surface area contributed by atoms with Gasteiger partial charge in [-0.05, 0) is 37.9 Å². The molecule has 1 saturated heterocycles. The molecule has 0 atom stereocenters. The molecular formula is C15H23N3O. The molecule has 0 bridgehead atoms. The Morgan fingerprint density at radius 1 is 1.26 bits per heavy atom. The van der Waals surface area contributed by atoms with E-state index in [-0.39, 0.29) is 5.91 Å². The van der Waals surface area contributed by atoms with E-state index in [0.717, 1.165) is 19.6 Å². The average Bonchev–Trinajstić information content (AvgIpc) is 2.39. The molecule has 1 amide bonds. The van der Waals surface area contributed by atoms with Crippen molar-refractivity contribution in [3.8, 4) is 0 Å². The molecule has 2 N–H and O–H groups in total. The highest BCUT2D eigenvalue weighted by Crippen LogP contribution is 2.24. The average molecular weight is 261 g/mol. The van der Waals surface area contributed by atoms with Crippen LogP contribution in [0.25, 0.3) is 0 Å². The zero-order valence-corrected chi connectivity index (χ0v) is 11.6. The molecule has 0 unspecified atom stereocenters. The van der Waals surface area contributed by atoms with Gasteiger partial charge in [-0.2, -0.15) is 0 Å². The molecule has 0 saturated carbocycles. The number of carbonyl (C=O) groups excluding carboxylic acids is 1. The minimum absolute atomic E-state index is 0.280. The fraction of sp³-hybridized carbons (Fsp3) is 0.533. The van der Waals surface area contributed by atoms with Gasteiger partial charge in [-0.3, -0.25) is 9.69 Å². The fourth-order valence-corrected chi connectivity index (χ4v) is 2.70. The second kappa shape index (κ2) is 6.57.